The summed E-state index contributed by atoms with van der Waals surface area (Å²) in [5.41, 5.74) is 5.06. The van der Waals surface area contributed by atoms with E-state index in [1.54, 1.807) is 0 Å². The summed E-state index contributed by atoms with van der Waals surface area (Å²) >= 11 is 6.32. The number of nitrogens with one attached hydrogen (secondary N) is 1. The molecule has 2 atom stereocenters. The van der Waals surface area contributed by atoms with Crippen LogP contribution in [-0.4, -0.2) is 23.7 Å². The van der Waals surface area contributed by atoms with Gasteiger partial charge in [0.25, 0.3) is 0 Å². The molecular weight excluding hydrogens is 417 g/mol. The van der Waals surface area contributed by atoms with E-state index < -0.39 is 6.17 Å². The van der Waals surface area contributed by atoms with Gasteiger partial charge < -0.3 is 14.8 Å². The van der Waals surface area contributed by atoms with Gasteiger partial charge in [-0.25, -0.2) is 4.39 Å². The molecule has 166 valence electrons. The second-order valence-corrected chi connectivity index (χ2v) is 9.72. The Hall–Kier alpha value is -2.27. The molecule has 2 aliphatic rings. The van der Waals surface area contributed by atoms with Crippen LogP contribution in [0.15, 0.2) is 24.3 Å². The van der Waals surface area contributed by atoms with Gasteiger partial charge in [-0.15, -0.1) is 0 Å². The summed E-state index contributed by atoms with van der Waals surface area (Å²) in [6.07, 6.45) is 1.36. The maximum Gasteiger partial charge on any atom is 0.220 e. The summed E-state index contributed by atoms with van der Waals surface area (Å²) in [6, 6.07) is 7.53. The molecule has 4 nitrogen and oxygen atoms in total. The predicted molar refractivity (Wildman–Crippen MR) is 120 cm³/mol. The Labute approximate surface area is 188 Å². The Morgan fingerprint density at radius 3 is 2.71 bits per heavy atom. The predicted octanol–water partition coefficient (Wildman–Crippen LogP) is 5.41. The second-order valence-electron chi connectivity index (χ2n) is 9.28. The van der Waals surface area contributed by atoms with Crippen LogP contribution in [0.3, 0.4) is 0 Å². The average Bonchev–Trinajstić information content (AvgIpc) is 3.27. The highest BCUT2D eigenvalue weighted by Gasteiger charge is 2.38. The third-order valence-electron chi connectivity index (χ3n) is 6.12. The van der Waals surface area contributed by atoms with Gasteiger partial charge in [-0.1, -0.05) is 17.7 Å². The number of hydrogen-bond acceptors (Lipinski definition) is 3. The molecule has 0 radical (unpaired) electrons. The minimum atomic E-state index is -0.874. The van der Waals surface area contributed by atoms with E-state index in [4.69, 9.17) is 21.1 Å². The molecule has 31 heavy (non-hydrogen) atoms. The summed E-state index contributed by atoms with van der Waals surface area (Å²) in [7, 11) is 0. The highest BCUT2D eigenvalue weighted by Crippen LogP contribution is 2.40. The number of amides is 1. The first-order valence-corrected chi connectivity index (χ1v) is 11.2. The van der Waals surface area contributed by atoms with Gasteiger partial charge in [0.15, 0.2) is 0 Å². The van der Waals surface area contributed by atoms with Gasteiger partial charge in [-0.05, 0) is 74.6 Å². The lowest BCUT2D eigenvalue weighted by Gasteiger charge is -2.19. The van der Waals surface area contributed by atoms with Gasteiger partial charge >= 0.3 is 0 Å². The van der Waals surface area contributed by atoms with Gasteiger partial charge in [0.2, 0.25) is 5.91 Å². The van der Waals surface area contributed by atoms with Crippen LogP contribution in [-0.2, 0) is 24.2 Å². The van der Waals surface area contributed by atoms with Crippen molar-refractivity contribution in [3.63, 3.8) is 0 Å². The Balaban J connectivity index is 1.41. The number of rotatable bonds is 7. The summed E-state index contributed by atoms with van der Waals surface area (Å²) in [5, 5.41) is 3.41. The number of carbonyl (C=O) groups is 1. The van der Waals surface area contributed by atoms with Crippen LogP contribution in [0.4, 0.5) is 4.39 Å². The molecular formula is C25H29ClFNO3. The molecule has 1 heterocycles. The lowest BCUT2D eigenvalue weighted by molar-refractivity contribution is -0.121. The Morgan fingerprint density at radius 1 is 1.26 bits per heavy atom. The molecule has 4 rings (SSSR count). The molecule has 0 spiro atoms. The molecule has 0 aromatic heterocycles. The Bertz CT molecular complexity index is 1020. The lowest BCUT2D eigenvalue weighted by atomic mass is 9.98. The summed E-state index contributed by atoms with van der Waals surface area (Å²) in [4.78, 5) is 12.0. The first-order valence-electron chi connectivity index (χ1n) is 10.8. The molecule has 1 aliphatic heterocycles. The molecule has 0 saturated heterocycles. The number of ether oxygens (including phenoxy) is 2. The monoisotopic (exact) mass is 445 g/mol. The Morgan fingerprint density at radius 2 is 2.00 bits per heavy atom. The van der Waals surface area contributed by atoms with Crippen molar-refractivity contribution in [3.05, 3.63) is 57.1 Å². The molecule has 1 N–H and O–H groups in total. The minimum absolute atomic E-state index is 0.0970. The normalized spacial score (nSPS) is 20.7. The van der Waals surface area contributed by atoms with Gasteiger partial charge in [0.1, 0.15) is 29.9 Å². The van der Waals surface area contributed by atoms with Crippen molar-refractivity contribution in [2.24, 2.45) is 0 Å². The first kappa shape index (κ1) is 21.9. The summed E-state index contributed by atoms with van der Waals surface area (Å²) < 4.78 is 25.2. The van der Waals surface area contributed by atoms with Gasteiger partial charge in [0.05, 0.1) is 6.04 Å². The van der Waals surface area contributed by atoms with Gasteiger partial charge in [-0.3, -0.25) is 4.79 Å². The number of benzene rings is 2. The van der Waals surface area contributed by atoms with Crippen molar-refractivity contribution in [3.8, 4) is 11.5 Å². The Kier molecular flexibility index (Phi) is 5.91. The number of carbonyl (C=O) groups excluding carboxylic acids is 1. The zero-order chi connectivity index (χ0) is 22.3. The number of aryl methyl sites for hydroxylation is 1. The minimum Gasteiger partial charge on any atom is -0.488 e. The van der Waals surface area contributed by atoms with Crippen molar-refractivity contribution in [2.75, 3.05) is 0 Å². The van der Waals surface area contributed by atoms with E-state index in [2.05, 4.69) is 19.2 Å². The highest BCUT2D eigenvalue weighted by atomic mass is 35.5. The number of alkyl halides is 1. The fourth-order valence-electron chi connectivity index (χ4n) is 4.13. The summed E-state index contributed by atoms with van der Waals surface area (Å²) in [6.45, 7) is 8.56. The van der Waals surface area contributed by atoms with Crippen LogP contribution in [0.2, 0.25) is 5.02 Å². The smallest absolute Gasteiger partial charge is 0.220 e. The van der Waals surface area contributed by atoms with E-state index in [1.165, 1.54) is 0 Å². The molecule has 1 saturated carbocycles. The van der Waals surface area contributed by atoms with Gasteiger partial charge in [-0.2, -0.15) is 0 Å². The van der Waals surface area contributed by atoms with E-state index in [0.29, 0.717) is 30.9 Å². The third-order valence-corrected chi connectivity index (χ3v) is 6.33. The van der Waals surface area contributed by atoms with Crippen molar-refractivity contribution in [2.45, 2.75) is 77.8 Å². The first-order chi connectivity index (χ1) is 14.6. The second kappa shape index (κ2) is 8.34. The van der Waals surface area contributed by atoms with Crippen molar-refractivity contribution < 1.29 is 18.7 Å². The zero-order valence-electron chi connectivity index (χ0n) is 18.5. The molecule has 2 aromatic carbocycles. The maximum absolute atomic E-state index is 12.9. The number of hydrogen-bond donors (Lipinski definition) is 1. The van der Waals surface area contributed by atoms with Crippen LogP contribution in [0.5, 0.6) is 11.5 Å². The van der Waals surface area contributed by atoms with Gasteiger partial charge in [0, 0.05) is 29.8 Å². The zero-order valence-corrected chi connectivity index (χ0v) is 19.2. The van der Waals surface area contributed by atoms with Crippen LogP contribution >= 0.6 is 11.6 Å². The SMILES string of the molecule is Cc1c(CCC(=O)N[C@@H]2C[C@H]2F)ccc(OCc2cc(Cl)cc3c2OC(C)(C)C3)c1C. The molecule has 1 aliphatic carbocycles. The van der Waals surface area contributed by atoms with Crippen LogP contribution < -0.4 is 14.8 Å². The molecule has 2 aromatic rings. The summed E-state index contributed by atoms with van der Waals surface area (Å²) in [5.74, 6) is 1.58. The fourth-order valence-corrected chi connectivity index (χ4v) is 4.39. The standard InChI is InChI=1S/C25H29ClFNO3/c1-14-15(2)22(7-5-16(14)6-8-23(29)28-21-11-20(21)27)30-13-18-10-19(26)9-17-12-25(3,4)31-24(17)18/h5,7,9-10,20-21H,6,8,11-13H2,1-4H3,(H,28,29)/t20-,21-/m1/s1. The van der Waals surface area contributed by atoms with E-state index in [0.717, 1.165) is 45.7 Å². The average molecular weight is 446 g/mol. The molecule has 6 heteroatoms. The molecule has 1 fully saturated rings. The fraction of sp³-hybridized carbons (Fsp3) is 0.480. The number of halogens is 2. The van der Waals surface area contributed by atoms with Crippen molar-refractivity contribution >= 4 is 17.5 Å². The van der Waals surface area contributed by atoms with E-state index in [9.17, 15) is 9.18 Å². The topological polar surface area (TPSA) is 47.6 Å². The van der Waals surface area contributed by atoms with E-state index in [-0.39, 0.29) is 17.6 Å². The van der Waals surface area contributed by atoms with Crippen LogP contribution in [0.25, 0.3) is 0 Å². The highest BCUT2D eigenvalue weighted by molar-refractivity contribution is 6.30. The van der Waals surface area contributed by atoms with E-state index in [1.807, 2.05) is 38.1 Å². The molecule has 0 unspecified atom stereocenters. The molecule has 0 bridgehead atoms. The third kappa shape index (κ3) is 4.98. The largest absolute Gasteiger partial charge is 0.488 e. The van der Waals surface area contributed by atoms with Crippen molar-refractivity contribution in [1.82, 2.24) is 5.32 Å². The van der Waals surface area contributed by atoms with Crippen molar-refractivity contribution in [1.29, 1.82) is 0 Å². The maximum atomic E-state index is 12.9. The van der Waals surface area contributed by atoms with Crippen LogP contribution in [0.1, 0.15) is 54.5 Å². The number of fused-ring (bicyclic) bond motifs is 1. The lowest BCUT2D eigenvalue weighted by Crippen LogP contribution is -2.27. The molecule has 1 amide bonds. The quantitative estimate of drug-likeness (QED) is 0.620. The van der Waals surface area contributed by atoms with E-state index >= 15 is 0 Å². The van der Waals surface area contributed by atoms with Crippen LogP contribution in [0, 0.1) is 13.8 Å².